The molecule has 0 spiro atoms. The van der Waals surface area contributed by atoms with E-state index in [4.69, 9.17) is 23.2 Å². The fraction of sp³-hybridized carbons (Fsp3) is 0.611. The first kappa shape index (κ1) is 19.4. The van der Waals surface area contributed by atoms with E-state index in [0.717, 1.165) is 24.5 Å². The molecule has 1 aliphatic heterocycles. The molecule has 0 unspecified atom stereocenters. The molecule has 0 atom stereocenters. The highest BCUT2D eigenvalue weighted by Crippen LogP contribution is 2.19. The molecule has 0 saturated carbocycles. The number of nitrogens with zero attached hydrogens (tertiary/aromatic N) is 2. The zero-order valence-electron chi connectivity index (χ0n) is 14.6. The molecule has 1 aromatic rings. The molecule has 0 bridgehead atoms. The van der Waals surface area contributed by atoms with Crippen LogP contribution in [0, 0.1) is 0 Å². The molecule has 2 N–H and O–H groups in total. The molecular weight excluding hydrogens is 343 g/mol. The summed E-state index contributed by atoms with van der Waals surface area (Å²) in [6, 6.07) is 6.17. The third kappa shape index (κ3) is 6.50. The summed E-state index contributed by atoms with van der Waals surface area (Å²) < 4.78 is 0. The highest BCUT2D eigenvalue weighted by Gasteiger charge is 2.19. The molecule has 0 amide bonds. The third-order valence-corrected chi connectivity index (χ3v) is 4.76. The maximum atomic E-state index is 6.04. The molecule has 6 heteroatoms. The van der Waals surface area contributed by atoms with Gasteiger partial charge in [-0.15, -0.1) is 0 Å². The van der Waals surface area contributed by atoms with Gasteiger partial charge in [0, 0.05) is 42.8 Å². The number of piperidine rings is 1. The summed E-state index contributed by atoms with van der Waals surface area (Å²) in [6.45, 7) is 6.59. The summed E-state index contributed by atoms with van der Waals surface area (Å²) in [4.78, 5) is 6.87. The summed E-state index contributed by atoms with van der Waals surface area (Å²) in [5.41, 5.74) is 1.13. The normalized spacial score (nSPS) is 17.1. The van der Waals surface area contributed by atoms with E-state index in [2.05, 4.69) is 27.4 Å². The topological polar surface area (TPSA) is 39.7 Å². The first-order valence-electron chi connectivity index (χ1n) is 8.75. The van der Waals surface area contributed by atoms with Gasteiger partial charge < -0.3 is 15.5 Å². The predicted molar refractivity (Wildman–Crippen MR) is 104 cm³/mol. The van der Waals surface area contributed by atoms with Crippen molar-refractivity contribution >= 4 is 29.2 Å². The van der Waals surface area contributed by atoms with Crippen LogP contribution in [0.1, 0.15) is 31.7 Å². The number of hydrogen-bond acceptors (Lipinski definition) is 2. The highest BCUT2D eigenvalue weighted by atomic mass is 35.5. The Bertz CT molecular complexity index is 520. The SMILES string of the molecule is CCCN1CCC(NC(=NC)NCCc2cc(Cl)cc(Cl)c2)CC1. The van der Waals surface area contributed by atoms with Gasteiger partial charge in [0.15, 0.2) is 5.96 Å². The van der Waals surface area contributed by atoms with Gasteiger partial charge in [0.25, 0.3) is 0 Å². The standard InChI is InChI=1S/C18H28Cl2N4/c1-3-8-24-9-5-17(6-10-24)23-18(21-2)22-7-4-14-11-15(19)13-16(20)12-14/h11-13,17H,3-10H2,1-2H3,(H2,21,22,23). The van der Waals surface area contributed by atoms with Gasteiger partial charge in [-0.05, 0) is 56.0 Å². The Morgan fingerprint density at radius 3 is 2.46 bits per heavy atom. The van der Waals surface area contributed by atoms with Crippen molar-refractivity contribution in [1.29, 1.82) is 0 Å². The molecule has 24 heavy (non-hydrogen) atoms. The molecule has 134 valence electrons. The van der Waals surface area contributed by atoms with Crippen molar-refractivity contribution in [3.05, 3.63) is 33.8 Å². The lowest BCUT2D eigenvalue weighted by molar-refractivity contribution is 0.206. The quantitative estimate of drug-likeness (QED) is 0.593. The van der Waals surface area contributed by atoms with Crippen LogP contribution in [0.4, 0.5) is 0 Å². The van der Waals surface area contributed by atoms with Gasteiger partial charge in [-0.1, -0.05) is 30.1 Å². The predicted octanol–water partition coefficient (Wildman–Crippen LogP) is 3.58. The molecule has 2 rings (SSSR count). The zero-order chi connectivity index (χ0) is 17.4. The number of halogens is 2. The zero-order valence-corrected chi connectivity index (χ0v) is 16.1. The fourth-order valence-corrected chi connectivity index (χ4v) is 3.66. The molecule has 1 saturated heterocycles. The highest BCUT2D eigenvalue weighted by molar-refractivity contribution is 6.34. The second-order valence-corrected chi connectivity index (χ2v) is 7.16. The summed E-state index contributed by atoms with van der Waals surface area (Å²) in [7, 11) is 1.82. The Labute approximate surface area is 155 Å². The van der Waals surface area contributed by atoms with Crippen molar-refractivity contribution in [2.75, 3.05) is 33.2 Å². The minimum Gasteiger partial charge on any atom is -0.356 e. The van der Waals surface area contributed by atoms with E-state index in [-0.39, 0.29) is 0 Å². The van der Waals surface area contributed by atoms with Crippen LogP contribution in [-0.2, 0) is 6.42 Å². The van der Waals surface area contributed by atoms with E-state index >= 15 is 0 Å². The largest absolute Gasteiger partial charge is 0.356 e. The Hall–Kier alpha value is -0.970. The van der Waals surface area contributed by atoms with E-state index in [1.165, 1.54) is 38.9 Å². The van der Waals surface area contributed by atoms with Crippen LogP contribution in [-0.4, -0.2) is 50.1 Å². The molecular formula is C18H28Cl2N4. The lowest BCUT2D eigenvalue weighted by atomic mass is 10.1. The minimum absolute atomic E-state index is 0.505. The lowest BCUT2D eigenvalue weighted by Gasteiger charge is -2.32. The number of aliphatic imine (C=N–C) groups is 1. The summed E-state index contributed by atoms with van der Waals surface area (Å²) in [6.07, 6.45) is 4.43. The monoisotopic (exact) mass is 370 g/mol. The number of nitrogens with one attached hydrogen (secondary N) is 2. The van der Waals surface area contributed by atoms with Crippen molar-refractivity contribution in [1.82, 2.24) is 15.5 Å². The van der Waals surface area contributed by atoms with E-state index in [9.17, 15) is 0 Å². The van der Waals surface area contributed by atoms with Crippen LogP contribution in [0.25, 0.3) is 0 Å². The number of likely N-dealkylation sites (tertiary alicyclic amines) is 1. The Morgan fingerprint density at radius 1 is 1.21 bits per heavy atom. The molecule has 1 fully saturated rings. The molecule has 0 radical (unpaired) electrons. The number of benzene rings is 1. The average Bonchev–Trinajstić information content (AvgIpc) is 2.55. The first-order chi connectivity index (χ1) is 11.6. The van der Waals surface area contributed by atoms with Gasteiger partial charge in [-0.25, -0.2) is 0 Å². The number of guanidine groups is 1. The molecule has 0 aromatic heterocycles. The maximum absolute atomic E-state index is 6.04. The van der Waals surface area contributed by atoms with E-state index in [1.54, 1.807) is 6.07 Å². The Kier molecular flexibility index (Phi) is 8.16. The van der Waals surface area contributed by atoms with Crippen molar-refractivity contribution in [2.45, 2.75) is 38.6 Å². The fourth-order valence-electron chi connectivity index (χ4n) is 3.09. The van der Waals surface area contributed by atoms with Gasteiger partial charge in [0.1, 0.15) is 0 Å². The van der Waals surface area contributed by atoms with Crippen molar-refractivity contribution in [3.8, 4) is 0 Å². The summed E-state index contributed by atoms with van der Waals surface area (Å²) >= 11 is 12.1. The van der Waals surface area contributed by atoms with Crippen LogP contribution in [0.15, 0.2) is 23.2 Å². The van der Waals surface area contributed by atoms with Gasteiger partial charge in [0.2, 0.25) is 0 Å². The van der Waals surface area contributed by atoms with Crippen LogP contribution in [0.3, 0.4) is 0 Å². The smallest absolute Gasteiger partial charge is 0.191 e. The van der Waals surface area contributed by atoms with Crippen molar-refractivity contribution < 1.29 is 0 Å². The van der Waals surface area contributed by atoms with Gasteiger partial charge in [-0.2, -0.15) is 0 Å². The number of rotatable bonds is 6. The molecule has 1 heterocycles. The van der Waals surface area contributed by atoms with Crippen molar-refractivity contribution in [3.63, 3.8) is 0 Å². The van der Waals surface area contributed by atoms with Crippen LogP contribution >= 0.6 is 23.2 Å². The second kappa shape index (κ2) is 10.1. The van der Waals surface area contributed by atoms with Gasteiger partial charge in [0.05, 0.1) is 0 Å². The number of hydrogen-bond donors (Lipinski definition) is 2. The van der Waals surface area contributed by atoms with Gasteiger partial charge in [-0.3, -0.25) is 4.99 Å². The molecule has 0 aliphatic carbocycles. The van der Waals surface area contributed by atoms with Crippen LogP contribution in [0.2, 0.25) is 10.0 Å². The third-order valence-electron chi connectivity index (χ3n) is 4.32. The van der Waals surface area contributed by atoms with E-state index in [1.807, 2.05) is 19.2 Å². The Morgan fingerprint density at radius 2 is 1.88 bits per heavy atom. The Balaban J connectivity index is 1.73. The minimum atomic E-state index is 0.505. The molecule has 1 aromatic carbocycles. The average molecular weight is 371 g/mol. The van der Waals surface area contributed by atoms with Crippen molar-refractivity contribution in [2.24, 2.45) is 4.99 Å². The van der Waals surface area contributed by atoms with Crippen LogP contribution in [0.5, 0.6) is 0 Å². The molecule has 1 aliphatic rings. The molecule has 4 nitrogen and oxygen atoms in total. The van der Waals surface area contributed by atoms with E-state index in [0.29, 0.717) is 16.1 Å². The second-order valence-electron chi connectivity index (χ2n) is 6.29. The maximum Gasteiger partial charge on any atom is 0.191 e. The summed E-state index contributed by atoms with van der Waals surface area (Å²) in [5.74, 6) is 0.872. The van der Waals surface area contributed by atoms with Crippen LogP contribution < -0.4 is 10.6 Å². The summed E-state index contributed by atoms with van der Waals surface area (Å²) in [5, 5.41) is 8.28. The van der Waals surface area contributed by atoms with Gasteiger partial charge >= 0.3 is 0 Å². The lowest BCUT2D eigenvalue weighted by Crippen LogP contribution is -2.49. The first-order valence-corrected chi connectivity index (χ1v) is 9.50. The van der Waals surface area contributed by atoms with E-state index < -0.39 is 0 Å².